The molecule has 1 aromatic carbocycles. The molecule has 1 N–H and O–H groups in total. The maximum atomic E-state index is 12.1. The van der Waals surface area contributed by atoms with Crippen LogP contribution in [0.3, 0.4) is 0 Å². The number of carbonyl (C=O) groups is 1. The van der Waals surface area contributed by atoms with Crippen molar-refractivity contribution in [3.63, 3.8) is 0 Å². The van der Waals surface area contributed by atoms with Crippen LogP contribution in [-0.2, 0) is 14.8 Å². The average molecular weight is 361 g/mol. The van der Waals surface area contributed by atoms with Gasteiger partial charge in [0.2, 0.25) is 15.9 Å². The Kier molecular flexibility index (Phi) is 6.26. The van der Waals surface area contributed by atoms with Crippen molar-refractivity contribution >= 4 is 27.5 Å². The third-order valence-corrected chi connectivity index (χ3v) is 5.30. The SMILES string of the molecule is CS(=O)(=O)N1CCCC(C(=O)NCCOc2ccccc2Cl)C1. The summed E-state index contributed by atoms with van der Waals surface area (Å²) in [6, 6.07) is 7.13. The van der Waals surface area contributed by atoms with Gasteiger partial charge < -0.3 is 10.1 Å². The predicted octanol–water partition coefficient (Wildman–Crippen LogP) is 1.51. The number of piperidine rings is 1. The lowest BCUT2D eigenvalue weighted by atomic mass is 9.99. The molecule has 0 saturated carbocycles. The van der Waals surface area contributed by atoms with Crippen molar-refractivity contribution in [3.8, 4) is 5.75 Å². The van der Waals surface area contributed by atoms with Gasteiger partial charge in [0.05, 0.1) is 23.7 Å². The standard InChI is InChI=1S/C15H21ClN2O4S/c1-23(20,21)18-9-4-5-12(11-18)15(19)17-8-10-22-14-7-3-2-6-13(14)16/h2-3,6-7,12H,4-5,8-11H2,1H3,(H,17,19). The maximum absolute atomic E-state index is 12.1. The van der Waals surface area contributed by atoms with E-state index in [1.54, 1.807) is 12.1 Å². The maximum Gasteiger partial charge on any atom is 0.224 e. The number of halogens is 1. The van der Waals surface area contributed by atoms with Gasteiger partial charge >= 0.3 is 0 Å². The van der Waals surface area contributed by atoms with E-state index in [1.165, 1.54) is 10.6 Å². The van der Waals surface area contributed by atoms with E-state index in [-0.39, 0.29) is 18.4 Å². The van der Waals surface area contributed by atoms with E-state index in [9.17, 15) is 13.2 Å². The van der Waals surface area contributed by atoms with E-state index in [0.717, 1.165) is 0 Å². The lowest BCUT2D eigenvalue weighted by Gasteiger charge is -2.30. The lowest BCUT2D eigenvalue weighted by molar-refractivity contribution is -0.126. The molecule has 0 spiro atoms. The van der Waals surface area contributed by atoms with Crippen LogP contribution in [0.2, 0.25) is 5.02 Å². The van der Waals surface area contributed by atoms with Crippen LogP contribution in [0.1, 0.15) is 12.8 Å². The first kappa shape index (κ1) is 18.0. The van der Waals surface area contributed by atoms with Crippen LogP contribution in [0.4, 0.5) is 0 Å². The smallest absolute Gasteiger partial charge is 0.224 e. The minimum absolute atomic E-state index is 0.138. The van der Waals surface area contributed by atoms with Gasteiger partial charge in [-0.15, -0.1) is 0 Å². The zero-order valence-corrected chi connectivity index (χ0v) is 14.6. The number of sulfonamides is 1. The summed E-state index contributed by atoms with van der Waals surface area (Å²) in [5.74, 6) is 0.129. The summed E-state index contributed by atoms with van der Waals surface area (Å²) in [6.45, 7) is 1.38. The quantitative estimate of drug-likeness (QED) is 0.780. The van der Waals surface area contributed by atoms with E-state index < -0.39 is 10.0 Å². The Bertz CT molecular complexity index is 651. The van der Waals surface area contributed by atoms with Crippen molar-refractivity contribution < 1.29 is 17.9 Å². The van der Waals surface area contributed by atoms with Crippen LogP contribution >= 0.6 is 11.6 Å². The number of hydrogen-bond donors (Lipinski definition) is 1. The number of carbonyl (C=O) groups excluding carboxylic acids is 1. The third kappa shape index (κ3) is 5.37. The van der Waals surface area contributed by atoms with Crippen LogP contribution < -0.4 is 10.1 Å². The summed E-state index contributed by atoms with van der Waals surface area (Å²) < 4.78 is 30.0. The molecule has 1 fully saturated rings. The molecule has 1 aliphatic rings. The Morgan fingerprint density at radius 1 is 1.43 bits per heavy atom. The number of nitrogens with zero attached hydrogens (tertiary/aromatic N) is 1. The topological polar surface area (TPSA) is 75.7 Å². The van der Waals surface area contributed by atoms with Gasteiger partial charge in [-0.2, -0.15) is 0 Å². The molecule has 8 heteroatoms. The average Bonchev–Trinajstić information content (AvgIpc) is 2.52. The van der Waals surface area contributed by atoms with Gasteiger partial charge in [0.15, 0.2) is 0 Å². The summed E-state index contributed by atoms with van der Waals surface area (Å²) in [4.78, 5) is 12.1. The summed E-state index contributed by atoms with van der Waals surface area (Å²) in [6.07, 6.45) is 2.56. The first-order chi connectivity index (χ1) is 10.9. The van der Waals surface area contributed by atoms with Gasteiger partial charge in [0.25, 0.3) is 0 Å². The minimum atomic E-state index is -3.24. The Balaban J connectivity index is 1.75. The van der Waals surface area contributed by atoms with Crippen LogP contribution in [0.15, 0.2) is 24.3 Å². The third-order valence-electron chi connectivity index (χ3n) is 3.72. The lowest BCUT2D eigenvalue weighted by Crippen LogP contribution is -2.45. The van der Waals surface area contributed by atoms with Gasteiger partial charge in [-0.1, -0.05) is 23.7 Å². The normalized spacial score (nSPS) is 19.3. The first-order valence-corrected chi connectivity index (χ1v) is 9.70. The minimum Gasteiger partial charge on any atom is -0.490 e. The molecular weight excluding hydrogens is 340 g/mol. The molecule has 1 amide bonds. The van der Waals surface area contributed by atoms with Crippen LogP contribution in [0, 0.1) is 5.92 Å². The Morgan fingerprint density at radius 3 is 2.87 bits per heavy atom. The Hall–Kier alpha value is -1.31. The van der Waals surface area contributed by atoms with Gasteiger partial charge in [0.1, 0.15) is 12.4 Å². The number of benzene rings is 1. The van der Waals surface area contributed by atoms with E-state index in [4.69, 9.17) is 16.3 Å². The zero-order chi connectivity index (χ0) is 16.9. The molecule has 6 nitrogen and oxygen atoms in total. The fourth-order valence-corrected chi connectivity index (χ4v) is 3.60. The second-order valence-corrected chi connectivity index (χ2v) is 7.92. The summed E-state index contributed by atoms with van der Waals surface area (Å²) >= 11 is 5.97. The highest BCUT2D eigenvalue weighted by Crippen LogP contribution is 2.23. The molecule has 0 bridgehead atoms. The zero-order valence-electron chi connectivity index (χ0n) is 13.0. The predicted molar refractivity (Wildman–Crippen MR) is 89.1 cm³/mol. The first-order valence-electron chi connectivity index (χ1n) is 7.48. The molecule has 128 valence electrons. The van der Waals surface area contributed by atoms with Gasteiger partial charge in [0, 0.05) is 13.1 Å². The highest BCUT2D eigenvalue weighted by Gasteiger charge is 2.29. The number of nitrogens with one attached hydrogen (secondary N) is 1. The summed E-state index contributed by atoms with van der Waals surface area (Å²) in [5, 5.41) is 3.31. The van der Waals surface area contributed by atoms with Crippen molar-refractivity contribution in [2.45, 2.75) is 12.8 Å². The fourth-order valence-electron chi connectivity index (χ4n) is 2.50. The Morgan fingerprint density at radius 2 is 2.17 bits per heavy atom. The van der Waals surface area contributed by atoms with Gasteiger partial charge in [-0.25, -0.2) is 12.7 Å². The molecule has 0 aromatic heterocycles. The Labute approximate surface area is 141 Å². The molecule has 23 heavy (non-hydrogen) atoms. The summed E-state index contributed by atoms with van der Waals surface area (Å²) in [7, 11) is -3.24. The fraction of sp³-hybridized carbons (Fsp3) is 0.533. The molecule has 1 aliphatic heterocycles. The number of amides is 1. The van der Waals surface area contributed by atoms with Crippen molar-refractivity contribution in [2.75, 3.05) is 32.5 Å². The second kappa shape index (κ2) is 7.99. The molecular formula is C15H21ClN2O4S. The van der Waals surface area contributed by atoms with Crippen LogP contribution in [-0.4, -0.2) is 51.1 Å². The molecule has 1 aromatic rings. The molecule has 2 rings (SSSR count). The second-order valence-electron chi connectivity index (χ2n) is 5.53. The molecule has 0 radical (unpaired) electrons. The molecule has 1 saturated heterocycles. The largest absolute Gasteiger partial charge is 0.490 e. The van der Waals surface area contributed by atoms with Gasteiger partial charge in [-0.3, -0.25) is 4.79 Å². The number of rotatable bonds is 6. The molecule has 1 heterocycles. The molecule has 0 aliphatic carbocycles. The monoisotopic (exact) mass is 360 g/mol. The van der Waals surface area contributed by atoms with Gasteiger partial charge in [-0.05, 0) is 25.0 Å². The highest BCUT2D eigenvalue weighted by atomic mass is 35.5. The summed E-state index contributed by atoms with van der Waals surface area (Å²) in [5.41, 5.74) is 0. The number of ether oxygens (including phenoxy) is 1. The van der Waals surface area contributed by atoms with E-state index in [1.807, 2.05) is 12.1 Å². The van der Waals surface area contributed by atoms with Crippen LogP contribution in [0.5, 0.6) is 5.75 Å². The van der Waals surface area contributed by atoms with Crippen molar-refractivity contribution in [3.05, 3.63) is 29.3 Å². The van der Waals surface area contributed by atoms with Crippen molar-refractivity contribution in [1.29, 1.82) is 0 Å². The molecule has 1 unspecified atom stereocenters. The van der Waals surface area contributed by atoms with Crippen molar-refractivity contribution in [1.82, 2.24) is 9.62 Å². The van der Waals surface area contributed by atoms with E-state index >= 15 is 0 Å². The number of hydrogen-bond acceptors (Lipinski definition) is 4. The molecule has 1 atom stereocenters. The highest BCUT2D eigenvalue weighted by molar-refractivity contribution is 7.88. The number of para-hydroxylation sites is 1. The van der Waals surface area contributed by atoms with E-state index in [0.29, 0.717) is 43.3 Å². The van der Waals surface area contributed by atoms with E-state index in [2.05, 4.69) is 5.32 Å². The van der Waals surface area contributed by atoms with Crippen molar-refractivity contribution in [2.24, 2.45) is 5.92 Å². The van der Waals surface area contributed by atoms with Crippen LogP contribution in [0.25, 0.3) is 0 Å².